The van der Waals surface area contributed by atoms with Gasteiger partial charge in [0, 0.05) is 19.0 Å². The fraction of sp³-hybridized carbons (Fsp3) is 0.900. The van der Waals surface area contributed by atoms with Crippen LogP contribution in [-0.2, 0) is 4.79 Å². The van der Waals surface area contributed by atoms with E-state index in [0.717, 1.165) is 19.5 Å². The molecular formula is C10H19NO. The Morgan fingerprint density at radius 2 is 2.08 bits per heavy atom. The molecule has 0 aliphatic carbocycles. The van der Waals surface area contributed by atoms with E-state index in [-0.39, 0.29) is 11.3 Å². The van der Waals surface area contributed by atoms with E-state index in [1.807, 2.05) is 11.8 Å². The van der Waals surface area contributed by atoms with Crippen molar-refractivity contribution in [2.75, 3.05) is 13.1 Å². The summed E-state index contributed by atoms with van der Waals surface area (Å²) in [4.78, 5) is 13.7. The molecule has 1 fully saturated rings. The summed E-state index contributed by atoms with van der Waals surface area (Å²) in [6, 6.07) is 0. The topological polar surface area (TPSA) is 20.3 Å². The Labute approximate surface area is 74.9 Å². The Morgan fingerprint density at radius 3 is 2.33 bits per heavy atom. The molecule has 0 aromatic carbocycles. The third kappa shape index (κ3) is 1.62. The van der Waals surface area contributed by atoms with Crippen LogP contribution in [0.5, 0.6) is 0 Å². The van der Waals surface area contributed by atoms with Crippen LogP contribution in [0.2, 0.25) is 0 Å². The largest absolute Gasteiger partial charge is 0.343 e. The molecule has 1 heterocycles. The van der Waals surface area contributed by atoms with Crippen molar-refractivity contribution in [2.45, 2.75) is 34.1 Å². The zero-order valence-electron chi connectivity index (χ0n) is 8.55. The lowest BCUT2D eigenvalue weighted by atomic mass is 9.80. The van der Waals surface area contributed by atoms with Crippen molar-refractivity contribution in [3.8, 4) is 0 Å². The Balaban J connectivity index is 2.67. The molecule has 0 saturated carbocycles. The third-order valence-electron chi connectivity index (χ3n) is 2.72. The Hall–Kier alpha value is -0.530. The van der Waals surface area contributed by atoms with Crippen molar-refractivity contribution in [1.29, 1.82) is 0 Å². The quantitative estimate of drug-likeness (QED) is 0.587. The third-order valence-corrected chi connectivity index (χ3v) is 2.72. The average molecular weight is 169 g/mol. The average Bonchev–Trinajstić information content (AvgIpc) is 2.29. The van der Waals surface area contributed by atoms with Crippen molar-refractivity contribution in [1.82, 2.24) is 4.90 Å². The van der Waals surface area contributed by atoms with Gasteiger partial charge in [-0.3, -0.25) is 4.79 Å². The van der Waals surface area contributed by atoms with E-state index < -0.39 is 0 Å². The van der Waals surface area contributed by atoms with Crippen LogP contribution in [0, 0.1) is 11.3 Å². The molecule has 1 atom stereocenters. The molecule has 1 amide bonds. The van der Waals surface area contributed by atoms with Crippen LogP contribution < -0.4 is 0 Å². The molecule has 12 heavy (non-hydrogen) atoms. The van der Waals surface area contributed by atoms with Crippen molar-refractivity contribution < 1.29 is 4.79 Å². The molecule has 2 nitrogen and oxygen atoms in total. The number of carbonyl (C=O) groups excluding carboxylic acids is 1. The predicted molar refractivity (Wildman–Crippen MR) is 49.8 cm³/mol. The second-order valence-corrected chi connectivity index (χ2v) is 4.63. The van der Waals surface area contributed by atoms with Gasteiger partial charge >= 0.3 is 0 Å². The monoisotopic (exact) mass is 169 g/mol. The first-order valence-electron chi connectivity index (χ1n) is 4.75. The minimum atomic E-state index is 0.140. The van der Waals surface area contributed by atoms with Crippen LogP contribution >= 0.6 is 0 Å². The minimum Gasteiger partial charge on any atom is -0.343 e. The SMILES string of the molecule is CCN1CC[C@@H](C(C)(C)C)C1=O. The van der Waals surface area contributed by atoms with Gasteiger partial charge in [-0.05, 0) is 18.8 Å². The molecular weight excluding hydrogens is 150 g/mol. The van der Waals surface area contributed by atoms with Gasteiger partial charge < -0.3 is 4.90 Å². The zero-order chi connectivity index (χ0) is 9.35. The van der Waals surface area contributed by atoms with Crippen molar-refractivity contribution >= 4 is 5.91 Å². The van der Waals surface area contributed by atoms with Crippen molar-refractivity contribution in [3.05, 3.63) is 0 Å². The van der Waals surface area contributed by atoms with E-state index in [9.17, 15) is 4.79 Å². The number of amides is 1. The molecule has 0 N–H and O–H groups in total. The highest BCUT2D eigenvalue weighted by molar-refractivity contribution is 5.81. The van der Waals surface area contributed by atoms with Crippen LogP contribution in [0.3, 0.4) is 0 Å². The minimum absolute atomic E-state index is 0.140. The summed E-state index contributed by atoms with van der Waals surface area (Å²) in [6.45, 7) is 10.3. The van der Waals surface area contributed by atoms with Gasteiger partial charge in [-0.15, -0.1) is 0 Å². The number of carbonyl (C=O) groups is 1. The number of rotatable bonds is 1. The van der Waals surface area contributed by atoms with E-state index in [1.54, 1.807) is 0 Å². The maximum atomic E-state index is 11.7. The Bertz CT molecular complexity index is 181. The molecule has 1 saturated heterocycles. The smallest absolute Gasteiger partial charge is 0.226 e. The van der Waals surface area contributed by atoms with Crippen LogP contribution in [0.4, 0.5) is 0 Å². The Kier molecular flexibility index (Phi) is 2.45. The molecule has 0 spiro atoms. The normalized spacial score (nSPS) is 25.2. The molecule has 0 aromatic rings. The predicted octanol–water partition coefficient (Wildman–Crippen LogP) is 1.90. The van der Waals surface area contributed by atoms with Gasteiger partial charge in [0.25, 0.3) is 0 Å². The first kappa shape index (κ1) is 9.56. The first-order valence-corrected chi connectivity index (χ1v) is 4.75. The summed E-state index contributed by atoms with van der Waals surface area (Å²) in [6.07, 6.45) is 1.04. The summed E-state index contributed by atoms with van der Waals surface area (Å²) < 4.78 is 0. The second-order valence-electron chi connectivity index (χ2n) is 4.63. The van der Waals surface area contributed by atoms with Gasteiger partial charge in [0.2, 0.25) is 5.91 Å². The summed E-state index contributed by atoms with van der Waals surface area (Å²) >= 11 is 0. The Morgan fingerprint density at radius 1 is 1.50 bits per heavy atom. The number of nitrogens with zero attached hydrogens (tertiary/aromatic N) is 1. The summed E-state index contributed by atoms with van der Waals surface area (Å²) in [5.74, 6) is 0.599. The number of likely N-dealkylation sites (tertiary alicyclic amines) is 1. The molecule has 0 aromatic heterocycles. The molecule has 1 aliphatic heterocycles. The molecule has 0 radical (unpaired) electrons. The fourth-order valence-corrected chi connectivity index (χ4v) is 1.86. The molecule has 1 rings (SSSR count). The molecule has 0 unspecified atom stereocenters. The summed E-state index contributed by atoms with van der Waals surface area (Å²) in [5.41, 5.74) is 0.140. The van der Waals surface area contributed by atoms with Crippen molar-refractivity contribution in [3.63, 3.8) is 0 Å². The highest BCUT2D eigenvalue weighted by Gasteiger charge is 2.38. The number of hydrogen-bond donors (Lipinski definition) is 0. The molecule has 1 aliphatic rings. The molecule has 70 valence electrons. The van der Waals surface area contributed by atoms with Gasteiger partial charge in [0.15, 0.2) is 0 Å². The van der Waals surface area contributed by atoms with Gasteiger partial charge in [0.05, 0.1) is 0 Å². The van der Waals surface area contributed by atoms with Crippen molar-refractivity contribution in [2.24, 2.45) is 11.3 Å². The standard InChI is InChI=1S/C10H19NO/c1-5-11-7-6-8(9(11)12)10(2,3)4/h8H,5-7H2,1-4H3/t8-/m1/s1. The maximum absolute atomic E-state index is 11.7. The summed E-state index contributed by atoms with van der Waals surface area (Å²) in [7, 11) is 0. The summed E-state index contributed by atoms with van der Waals surface area (Å²) in [5, 5.41) is 0. The number of hydrogen-bond acceptors (Lipinski definition) is 1. The molecule has 2 heteroatoms. The van der Waals surface area contributed by atoms with Gasteiger partial charge in [-0.1, -0.05) is 20.8 Å². The van der Waals surface area contributed by atoms with E-state index in [4.69, 9.17) is 0 Å². The second kappa shape index (κ2) is 3.08. The van der Waals surface area contributed by atoms with E-state index in [1.165, 1.54) is 0 Å². The lowest BCUT2D eigenvalue weighted by molar-refractivity contribution is -0.133. The van der Waals surface area contributed by atoms with Crippen LogP contribution in [0.15, 0.2) is 0 Å². The van der Waals surface area contributed by atoms with Crippen LogP contribution in [-0.4, -0.2) is 23.9 Å². The van der Waals surface area contributed by atoms with Gasteiger partial charge in [-0.25, -0.2) is 0 Å². The van der Waals surface area contributed by atoms with Gasteiger partial charge in [0.1, 0.15) is 0 Å². The highest BCUT2D eigenvalue weighted by Crippen LogP contribution is 2.34. The van der Waals surface area contributed by atoms with Gasteiger partial charge in [-0.2, -0.15) is 0 Å². The van der Waals surface area contributed by atoms with E-state index in [2.05, 4.69) is 20.8 Å². The molecule has 0 bridgehead atoms. The lowest BCUT2D eigenvalue weighted by Crippen LogP contribution is -2.32. The zero-order valence-corrected chi connectivity index (χ0v) is 8.55. The lowest BCUT2D eigenvalue weighted by Gasteiger charge is -2.25. The highest BCUT2D eigenvalue weighted by atomic mass is 16.2. The fourth-order valence-electron chi connectivity index (χ4n) is 1.86. The van der Waals surface area contributed by atoms with Crippen LogP contribution in [0.25, 0.3) is 0 Å². The van der Waals surface area contributed by atoms with E-state index >= 15 is 0 Å². The van der Waals surface area contributed by atoms with Crippen LogP contribution in [0.1, 0.15) is 34.1 Å². The van der Waals surface area contributed by atoms with E-state index in [0.29, 0.717) is 5.91 Å². The maximum Gasteiger partial charge on any atom is 0.226 e. The first-order chi connectivity index (χ1) is 5.46.